The first-order chi connectivity index (χ1) is 11.7. The van der Waals surface area contributed by atoms with Crippen LogP contribution in [0.4, 0.5) is 0 Å². The first-order valence-electron chi connectivity index (χ1n) is 8.10. The van der Waals surface area contributed by atoms with E-state index < -0.39 is 0 Å². The zero-order valence-corrected chi connectivity index (χ0v) is 14.0. The van der Waals surface area contributed by atoms with Crippen LogP contribution in [0.25, 0.3) is 0 Å². The Balaban J connectivity index is 1.75. The van der Waals surface area contributed by atoms with Gasteiger partial charge in [0.25, 0.3) is 0 Å². The number of hydrogen-bond acceptors (Lipinski definition) is 5. The third-order valence-corrected chi connectivity index (χ3v) is 5.42. The van der Waals surface area contributed by atoms with Gasteiger partial charge in [0.15, 0.2) is 23.0 Å². The quantitative estimate of drug-likeness (QED) is 0.849. The summed E-state index contributed by atoms with van der Waals surface area (Å²) in [7, 11) is 5.54. The molecule has 4 aliphatic rings. The van der Waals surface area contributed by atoms with E-state index in [1.165, 1.54) is 22.3 Å². The van der Waals surface area contributed by atoms with E-state index in [1.807, 2.05) is 0 Å². The predicted molar refractivity (Wildman–Crippen MR) is 88.4 cm³/mol. The molecule has 0 saturated heterocycles. The van der Waals surface area contributed by atoms with E-state index in [1.54, 1.807) is 14.2 Å². The van der Waals surface area contributed by atoms with Crippen molar-refractivity contribution in [3.8, 4) is 23.0 Å². The molecule has 5 heteroatoms. The average molecular weight is 325 g/mol. The first kappa shape index (κ1) is 14.0. The van der Waals surface area contributed by atoms with Crippen LogP contribution in [0, 0.1) is 0 Å². The van der Waals surface area contributed by atoms with Crippen molar-refractivity contribution >= 4 is 0 Å². The Hall–Kier alpha value is -2.40. The molecular formula is C19H19NO4. The zero-order valence-electron chi connectivity index (χ0n) is 14.0. The molecule has 2 atom stereocenters. The first-order valence-corrected chi connectivity index (χ1v) is 8.10. The Morgan fingerprint density at radius 3 is 2.08 bits per heavy atom. The fraction of sp³-hybridized carbons (Fsp3) is 0.368. The van der Waals surface area contributed by atoms with Crippen LogP contribution in [0.3, 0.4) is 0 Å². The van der Waals surface area contributed by atoms with Crippen LogP contribution in [-0.4, -0.2) is 39.5 Å². The van der Waals surface area contributed by atoms with E-state index in [0.717, 1.165) is 29.5 Å². The molecule has 0 amide bonds. The van der Waals surface area contributed by atoms with Gasteiger partial charge in [-0.1, -0.05) is 0 Å². The molecule has 2 unspecified atom stereocenters. The fourth-order valence-corrected chi connectivity index (χ4v) is 4.36. The normalized spacial score (nSPS) is 23.0. The van der Waals surface area contributed by atoms with Crippen molar-refractivity contribution in [2.75, 3.05) is 34.6 Å². The molecule has 2 bridgehead atoms. The van der Waals surface area contributed by atoms with E-state index in [2.05, 4.69) is 36.2 Å². The monoisotopic (exact) mass is 325 g/mol. The third-order valence-electron chi connectivity index (χ3n) is 5.42. The number of hydrogen-bond donors (Lipinski definition) is 0. The largest absolute Gasteiger partial charge is 0.493 e. The Kier molecular flexibility index (Phi) is 2.80. The second-order valence-electron chi connectivity index (χ2n) is 6.57. The van der Waals surface area contributed by atoms with Gasteiger partial charge in [0.2, 0.25) is 6.79 Å². The molecule has 124 valence electrons. The van der Waals surface area contributed by atoms with Crippen LogP contribution in [0.15, 0.2) is 24.3 Å². The summed E-state index contributed by atoms with van der Waals surface area (Å²) in [6, 6.07) is 8.75. The van der Waals surface area contributed by atoms with Crippen molar-refractivity contribution in [2.45, 2.75) is 12.0 Å². The van der Waals surface area contributed by atoms with Gasteiger partial charge >= 0.3 is 0 Å². The summed E-state index contributed by atoms with van der Waals surface area (Å²) in [6.45, 7) is 1.29. The number of fused-ring (bicyclic) bond motifs is 2. The lowest BCUT2D eigenvalue weighted by Crippen LogP contribution is -2.41. The van der Waals surface area contributed by atoms with E-state index in [9.17, 15) is 0 Å². The minimum Gasteiger partial charge on any atom is -0.493 e. The molecule has 6 rings (SSSR count). The molecule has 3 heterocycles. The van der Waals surface area contributed by atoms with E-state index in [-0.39, 0.29) is 6.04 Å². The molecule has 0 radical (unpaired) electrons. The maximum absolute atomic E-state index is 5.59. The highest BCUT2D eigenvalue weighted by Crippen LogP contribution is 2.54. The van der Waals surface area contributed by atoms with Crippen LogP contribution in [0.5, 0.6) is 23.0 Å². The molecule has 0 N–H and O–H groups in total. The van der Waals surface area contributed by atoms with Gasteiger partial charge in [-0.15, -0.1) is 0 Å². The summed E-state index contributed by atoms with van der Waals surface area (Å²) in [5, 5.41) is 0. The van der Waals surface area contributed by atoms with Gasteiger partial charge in [0, 0.05) is 12.5 Å². The molecule has 24 heavy (non-hydrogen) atoms. The van der Waals surface area contributed by atoms with Crippen LogP contribution in [0.1, 0.15) is 34.2 Å². The van der Waals surface area contributed by atoms with Crippen molar-refractivity contribution in [1.82, 2.24) is 4.90 Å². The van der Waals surface area contributed by atoms with Crippen LogP contribution in [-0.2, 0) is 0 Å². The molecule has 1 aliphatic carbocycles. The number of ether oxygens (including phenoxy) is 4. The van der Waals surface area contributed by atoms with Crippen molar-refractivity contribution in [2.24, 2.45) is 0 Å². The summed E-state index contributed by atoms with van der Waals surface area (Å²) in [5.41, 5.74) is 5.25. The van der Waals surface area contributed by atoms with Crippen molar-refractivity contribution in [1.29, 1.82) is 0 Å². The lowest BCUT2D eigenvalue weighted by molar-refractivity contribution is 0.174. The van der Waals surface area contributed by atoms with E-state index in [4.69, 9.17) is 18.9 Å². The highest BCUT2D eigenvalue weighted by Gasteiger charge is 2.42. The lowest BCUT2D eigenvalue weighted by atomic mass is 9.71. The van der Waals surface area contributed by atoms with Crippen molar-refractivity contribution < 1.29 is 18.9 Å². The number of benzene rings is 2. The molecule has 5 nitrogen and oxygen atoms in total. The smallest absolute Gasteiger partial charge is 0.231 e. The summed E-state index contributed by atoms with van der Waals surface area (Å²) in [4.78, 5) is 2.39. The molecule has 0 aromatic heterocycles. The van der Waals surface area contributed by atoms with Crippen LogP contribution in [0.2, 0.25) is 0 Å². The standard InChI is InChI=1S/C19H19NO4/c1-20-8-14-10-4-15(21-2)16(22-3)6-12(10)19(20)13-7-18-17(5-11(13)14)23-9-24-18/h4-7,14,19H,8-9H2,1-3H3. The molecule has 3 aliphatic heterocycles. The highest BCUT2D eigenvalue weighted by atomic mass is 16.7. The predicted octanol–water partition coefficient (Wildman–Crippen LogP) is 2.91. The van der Waals surface area contributed by atoms with Gasteiger partial charge in [0.1, 0.15) is 0 Å². The number of nitrogens with zero attached hydrogens (tertiary/aromatic N) is 1. The molecule has 2 aromatic rings. The van der Waals surface area contributed by atoms with Gasteiger partial charge in [-0.2, -0.15) is 0 Å². The number of likely N-dealkylation sites (N-methyl/N-ethyl adjacent to an activating group) is 1. The van der Waals surface area contributed by atoms with Gasteiger partial charge in [-0.3, -0.25) is 4.90 Å². The van der Waals surface area contributed by atoms with E-state index in [0.29, 0.717) is 12.7 Å². The van der Waals surface area contributed by atoms with Crippen LogP contribution < -0.4 is 18.9 Å². The third kappa shape index (κ3) is 1.68. The number of methoxy groups -OCH3 is 2. The van der Waals surface area contributed by atoms with Crippen molar-refractivity contribution in [3.63, 3.8) is 0 Å². The van der Waals surface area contributed by atoms with Gasteiger partial charge in [-0.25, -0.2) is 0 Å². The fourth-order valence-electron chi connectivity index (χ4n) is 4.36. The topological polar surface area (TPSA) is 40.2 Å². The highest BCUT2D eigenvalue weighted by molar-refractivity contribution is 5.63. The SMILES string of the molecule is COc1cc2c(cc1OC)C1c3cc4c(cc3C2CN1C)OCO4. The second kappa shape index (κ2) is 4.80. The minimum absolute atomic E-state index is 0.203. The maximum atomic E-state index is 5.59. The second-order valence-corrected chi connectivity index (χ2v) is 6.57. The molecule has 0 saturated carbocycles. The van der Waals surface area contributed by atoms with Gasteiger partial charge < -0.3 is 18.9 Å². The summed E-state index contributed by atoms with van der Waals surface area (Å²) >= 11 is 0. The summed E-state index contributed by atoms with van der Waals surface area (Å²) < 4.78 is 22.2. The molecule has 0 fully saturated rings. The number of rotatable bonds is 2. The molecule has 0 spiro atoms. The Labute approximate surface area is 140 Å². The average Bonchev–Trinajstić information content (AvgIpc) is 3.06. The summed E-state index contributed by atoms with van der Waals surface area (Å²) in [5.74, 6) is 3.57. The van der Waals surface area contributed by atoms with Gasteiger partial charge in [0.05, 0.1) is 20.3 Å². The lowest BCUT2D eigenvalue weighted by Gasteiger charge is -2.46. The summed E-state index contributed by atoms with van der Waals surface area (Å²) in [6.07, 6.45) is 0. The molecular weight excluding hydrogens is 306 g/mol. The minimum atomic E-state index is 0.203. The zero-order chi connectivity index (χ0) is 16.4. The van der Waals surface area contributed by atoms with Crippen LogP contribution >= 0.6 is 0 Å². The Morgan fingerprint density at radius 2 is 1.42 bits per heavy atom. The van der Waals surface area contributed by atoms with E-state index >= 15 is 0 Å². The molecule has 2 aromatic carbocycles. The Morgan fingerprint density at radius 1 is 0.875 bits per heavy atom. The Bertz CT molecular complexity index is 848. The van der Waals surface area contributed by atoms with Gasteiger partial charge in [-0.05, 0) is 53.6 Å². The maximum Gasteiger partial charge on any atom is 0.231 e. The van der Waals surface area contributed by atoms with Crippen molar-refractivity contribution in [3.05, 3.63) is 46.5 Å².